The second kappa shape index (κ2) is 6.79. The number of para-hydroxylation sites is 2. The summed E-state index contributed by atoms with van der Waals surface area (Å²) in [7, 11) is 0. The lowest BCUT2D eigenvalue weighted by molar-refractivity contribution is -0.497. The van der Waals surface area contributed by atoms with Gasteiger partial charge in [0, 0.05) is 17.9 Å². The highest BCUT2D eigenvalue weighted by atomic mass is 19.1. The van der Waals surface area contributed by atoms with Gasteiger partial charge in [-0.25, -0.2) is 9.37 Å². The summed E-state index contributed by atoms with van der Waals surface area (Å²) in [6, 6.07) is 12.2. The van der Waals surface area contributed by atoms with E-state index in [4.69, 9.17) is 0 Å². The van der Waals surface area contributed by atoms with E-state index in [9.17, 15) is 19.3 Å². The highest BCUT2D eigenvalue weighted by Crippen LogP contribution is 2.34. The molecule has 0 saturated heterocycles. The number of aromatic nitrogens is 2. The van der Waals surface area contributed by atoms with Crippen LogP contribution >= 0.6 is 0 Å². The molecule has 1 amide bonds. The summed E-state index contributed by atoms with van der Waals surface area (Å²) in [5.41, 5.74) is 2.46. The molecule has 2 aromatic carbocycles. The highest BCUT2D eigenvalue weighted by Gasteiger charge is 2.53. The maximum atomic E-state index is 13.3. The van der Waals surface area contributed by atoms with Crippen LogP contribution in [-0.2, 0) is 11.3 Å². The third-order valence-corrected chi connectivity index (χ3v) is 4.86. The van der Waals surface area contributed by atoms with Crippen molar-refractivity contribution in [1.82, 2.24) is 14.9 Å². The fourth-order valence-corrected chi connectivity index (χ4v) is 3.26. The summed E-state index contributed by atoms with van der Waals surface area (Å²) in [6.07, 6.45) is 1.94. The standard InChI is InChI=1S/C19H17FN4O3/c20-13-7-5-12(6-8-13)16(22-19(25)14-9-18(14)24(26)27)10-23-11-21-15-3-1-2-4-17(15)23/h1-8,11,14,16,18H,9-10H2,(H,22,25)/t14-,16-,18-/m1/s1. The summed E-state index contributed by atoms with van der Waals surface area (Å²) in [4.78, 5) is 27.2. The molecular formula is C19H17FN4O3. The first-order valence-electron chi connectivity index (χ1n) is 8.62. The Balaban J connectivity index is 1.59. The number of benzene rings is 2. The minimum atomic E-state index is -0.812. The Morgan fingerprint density at radius 2 is 2.04 bits per heavy atom. The SMILES string of the molecule is O=C(N[C@H](Cn1cnc2ccccc21)c1ccc(F)cc1)[C@@H]1C[C@H]1[N+](=O)[O-]. The highest BCUT2D eigenvalue weighted by molar-refractivity contribution is 5.82. The molecule has 1 aliphatic carbocycles. The maximum absolute atomic E-state index is 13.3. The summed E-state index contributed by atoms with van der Waals surface area (Å²) < 4.78 is 15.2. The van der Waals surface area contributed by atoms with E-state index in [0.29, 0.717) is 6.54 Å². The molecule has 7 nitrogen and oxygen atoms in total. The third-order valence-electron chi connectivity index (χ3n) is 4.86. The topological polar surface area (TPSA) is 90.1 Å². The minimum absolute atomic E-state index is 0.253. The quantitative estimate of drug-likeness (QED) is 0.535. The van der Waals surface area contributed by atoms with Crippen molar-refractivity contribution in [3.8, 4) is 0 Å². The Hall–Kier alpha value is -3.29. The Morgan fingerprint density at radius 1 is 1.30 bits per heavy atom. The molecule has 0 spiro atoms. The molecule has 138 valence electrons. The molecule has 0 bridgehead atoms. The lowest BCUT2D eigenvalue weighted by Gasteiger charge is -2.20. The second-order valence-corrected chi connectivity index (χ2v) is 6.69. The predicted octanol–water partition coefficient (Wildman–Crippen LogP) is 2.70. The minimum Gasteiger partial charge on any atom is -0.347 e. The van der Waals surface area contributed by atoms with Gasteiger partial charge in [-0.15, -0.1) is 0 Å². The van der Waals surface area contributed by atoms with E-state index < -0.39 is 22.9 Å². The normalized spacial score (nSPS) is 19.6. The van der Waals surface area contributed by atoms with Gasteiger partial charge >= 0.3 is 0 Å². The van der Waals surface area contributed by atoms with Crippen molar-refractivity contribution >= 4 is 16.9 Å². The zero-order valence-electron chi connectivity index (χ0n) is 14.3. The van der Waals surface area contributed by atoms with Gasteiger partial charge in [-0.3, -0.25) is 14.9 Å². The monoisotopic (exact) mass is 368 g/mol. The van der Waals surface area contributed by atoms with Crippen LogP contribution in [0.5, 0.6) is 0 Å². The largest absolute Gasteiger partial charge is 0.347 e. The lowest BCUT2D eigenvalue weighted by atomic mass is 10.1. The van der Waals surface area contributed by atoms with Crippen molar-refractivity contribution in [2.75, 3.05) is 0 Å². The molecular weight excluding hydrogens is 351 g/mol. The average Bonchev–Trinajstić information content (AvgIpc) is 3.38. The zero-order valence-corrected chi connectivity index (χ0v) is 14.3. The van der Waals surface area contributed by atoms with E-state index in [1.807, 2.05) is 28.8 Å². The number of nitro groups is 1. The number of amides is 1. The number of carbonyl (C=O) groups excluding carboxylic acids is 1. The molecule has 0 radical (unpaired) electrons. The number of imidazole rings is 1. The van der Waals surface area contributed by atoms with Crippen molar-refractivity contribution in [2.24, 2.45) is 5.92 Å². The van der Waals surface area contributed by atoms with Crippen LogP contribution < -0.4 is 5.32 Å². The van der Waals surface area contributed by atoms with Crippen molar-refractivity contribution in [3.63, 3.8) is 0 Å². The molecule has 1 fully saturated rings. The fraction of sp³-hybridized carbons (Fsp3) is 0.263. The third kappa shape index (κ3) is 3.51. The molecule has 8 heteroatoms. The van der Waals surface area contributed by atoms with E-state index in [-0.39, 0.29) is 18.1 Å². The van der Waals surface area contributed by atoms with E-state index in [0.717, 1.165) is 16.6 Å². The van der Waals surface area contributed by atoms with E-state index >= 15 is 0 Å². The van der Waals surface area contributed by atoms with Crippen LogP contribution in [0.2, 0.25) is 0 Å². The van der Waals surface area contributed by atoms with Crippen LogP contribution in [0.3, 0.4) is 0 Å². The first-order valence-corrected chi connectivity index (χ1v) is 8.62. The van der Waals surface area contributed by atoms with Crippen molar-refractivity contribution < 1.29 is 14.1 Å². The summed E-state index contributed by atoms with van der Waals surface area (Å²) >= 11 is 0. The molecule has 1 N–H and O–H groups in total. The van der Waals surface area contributed by atoms with Crippen LogP contribution in [0.4, 0.5) is 4.39 Å². The molecule has 1 aliphatic rings. The van der Waals surface area contributed by atoms with Gasteiger partial charge in [0.25, 0.3) is 0 Å². The van der Waals surface area contributed by atoms with Gasteiger partial charge in [-0.1, -0.05) is 24.3 Å². The van der Waals surface area contributed by atoms with Crippen molar-refractivity contribution in [1.29, 1.82) is 0 Å². The first kappa shape index (κ1) is 17.1. The van der Waals surface area contributed by atoms with E-state index in [2.05, 4.69) is 10.3 Å². The average molecular weight is 368 g/mol. The van der Waals surface area contributed by atoms with Crippen LogP contribution in [0, 0.1) is 21.8 Å². The van der Waals surface area contributed by atoms with Crippen LogP contribution in [0.1, 0.15) is 18.0 Å². The van der Waals surface area contributed by atoms with Crippen molar-refractivity contribution in [2.45, 2.75) is 25.0 Å². The van der Waals surface area contributed by atoms with Crippen LogP contribution in [0.15, 0.2) is 54.9 Å². The zero-order chi connectivity index (χ0) is 19.0. The molecule has 1 heterocycles. The molecule has 3 aromatic rings. The number of fused-ring (bicyclic) bond motifs is 1. The van der Waals surface area contributed by atoms with Gasteiger partial charge in [-0.05, 0) is 29.8 Å². The maximum Gasteiger partial charge on any atom is 0.230 e. The van der Waals surface area contributed by atoms with Gasteiger partial charge in [0.2, 0.25) is 11.9 Å². The number of carbonyl (C=O) groups is 1. The lowest BCUT2D eigenvalue weighted by Crippen LogP contribution is -2.33. The number of hydrogen-bond acceptors (Lipinski definition) is 4. The van der Waals surface area contributed by atoms with E-state index in [1.54, 1.807) is 18.5 Å². The Bertz CT molecular complexity index is 1000. The van der Waals surface area contributed by atoms with Crippen LogP contribution in [-0.4, -0.2) is 26.4 Å². The predicted molar refractivity (Wildman–Crippen MR) is 95.9 cm³/mol. The summed E-state index contributed by atoms with van der Waals surface area (Å²) in [5, 5.41) is 13.7. The number of nitrogens with one attached hydrogen (secondary N) is 1. The van der Waals surface area contributed by atoms with Gasteiger partial charge < -0.3 is 9.88 Å². The number of nitrogens with zero attached hydrogens (tertiary/aromatic N) is 3. The smallest absolute Gasteiger partial charge is 0.230 e. The number of halogens is 1. The molecule has 1 saturated carbocycles. The Kier molecular flexibility index (Phi) is 4.31. The second-order valence-electron chi connectivity index (χ2n) is 6.69. The van der Waals surface area contributed by atoms with Gasteiger partial charge in [-0.2, -0.15) is 0 Å². The molecule has 0 unspecified atom stereocenters. The van der Waals surface area contributed by atoms with Gasteiger partial charge in [0.1, 0.15) is 11.7 Å². The fourth-order valence-electron chi connectivity index (χ4n) is 3.26. The molecule has 27 heavy (non-hydrogen) atoms. The summed E-state index contributed by atoms with van der Waals surface area (Å²) in [5.74, 6) is -1.33. The van der Waals surface area contributed by atoms with E-state index in [1.165, 1.54) is 12.1 Å². The first-order chi connectivity index (χ1) is 13.0. The van der Waals surface area contributed by atoms with Gasteiger partial charge in [0.05, 0.1) is 23.4 Å². The number of hydrogen-bond donors (Lipinski definition) is 1. The van der Waals surface area contributed by atoms with Gasteiger partial charge in [0.15, 0.2) is 0 Å². The Labute approximate surface area is 154 Å². The molecule has 3 atom stereocenters. The molecule has 4 rings (SSSR count). The Morgan fingerprint density at radius 3 is 2.74 bits per heavy atom. The number of rotatable bonds is 6. The van der Waals surface area contributed by atoms with Crippen LogP contribution in [0.25, 0.3) is 11.0 Å². The molecule has 1 aromatic heterocycles. The molecule has 0 aliphatic heterocycles. The van der Waals surface area contributed by atoms with Crippen molar-refractivity contribution in [3.05, 3.63) is 76.4 Å². The summed E-state index contributed by atoms with van der Waals surface area (Å²) in [6.45, 7) is 0.383.